The Morgan fingerprint density at radius 2 is 1.96 bits per heavy atom. The summed E-state index contributed by atoms with van der Waals surface area (Å²) >= 11 is 0. The number of nitrogens with one attached hydrogen (secondary N) is 3. The number of rotatable bonds is 5. The second-order valence-electron chi connectivity index (χ2n) is 5.63. The van der Waals surface area contributed by atoms with E-state index in [9.17, 15) is 22.0 Å². The Kier molecular flexibility index (Phi) is 4.76. The molecule has 0 bridgehead atoms. The molecule has 2 heterocycles. The van der Waals surface area contributed by atoms with E-state index in [1.54, 1.807) is 0 Å². The number of amides is 1. The monoisotopic (exact) mass is 396 g/mol. The molecule has 0 aliphatic carbocycles. The number of hydrogen-bond acceptors (Lipinski definition) is 5. The number of pyridine rings is 1. The minimum absolute atomic E-state index is 0.0322. The van der Waals surface area contributed by atoms with Crippen LogP contribution in [-0.2, 0) is 10.2 Å². The van der Waals surface area contributed by atoms with Gasteiger partial charge in [-0.2, -0.15) is 12.7 Å². The number of carbonyl (C=O) groups excluding carboxylic acids is 1. The first-order valence-corrected chi connectivity index (χ1v) is 8.92. The lowest BCUT2D eigenvalue weighted by atomic mass is 10.2. The van der Waals surface area contributed by atoms with Crippen molar-refractivity contribution < 1.29 is 22.0 Å². The van der Waals surface area contributed by atoms with Crippen molar-refractivity contribution in [2.75, 3.05) is 24.1 Å². The van der Waals surface area contributed by atoms with Gasteiger partial charge in [0.2, 0.25) is 0 Å². The van der Waals surface area contributed by atoms with Gasteiger partial charge in [-0.05, 0) is 18.2 Å². The summed E-state index contributed by atoms with van der Waals surface area (Å²) in [5.74, 6) is -3.15. The lowest BCUT2D eigenvalue weighted by molar-refractivity contribution is 0.102. The summed E-state index contributed by atoms with van der Waals surface area (Å²) in [4.78, 5) is 22.9. The highest BCUT2D eigenvalue weighted by molar-refractivity contribution is 7.90. The molecule has 0 fully saturated rings. The topological polar surface area (TPSA) is 120 Å². The van der Waals surface area contributed by atoms with Crippen molar-refractivity contribution in [2.45, 2.75) is 0 Å². The summed E-state index contributed by atoms with van der Waals surface area (Å²) in [5, 5.41) is 2.10. The fourth-order valence-corrected chi connectivity index (χ4v) is 2.73. The summed E-state index contributed by atoms with van der Waals surface area (Å²) in [6.07, 6.45) is 2.59. The van der Waals surface area contributed by atoms with E-state index in [1.165, 1.54) is 32.7 Å². The zero-order valence-electron chi connectivity index (χ0n) is 14.1. The number of benzene rings is 1. The molecule has 12 heteroatoms. The van der Waals surface area contributed by atoms with E-state index in [1.807, 2.05) is 4.72 Å². The van der Waals surface area contributed by atoms with Crippen molar-refractivity contribution >= 4 is 38.7 Å². The standard InChI is InChI=1S/C15H14F2N6O3S/c1-23(2)27(25,26)22-10-4-3-9(16)13(12(10)17)21-15(24)8-5-11-14(18-6-8)20-7-19-11/h3-7,22H,1-2H3,(H,21,24)(H,18,19,20). The van der Waals surface area contributed by atoms with Crippen LogP contribution in [0.25, 0.3) is 11.2 Å². The van der Waals surface area contributed by atoms with Gasteiger partial charge in [-0.25, -0.2) is 18.7 Å². The van der Waals surface area contributed by atoms with Crippen LogP contribution in [0.4, 0.5) is 20.2 Å². The van der Waals surface area contributed by atoms with Crippen molar-refractivity contribution in [1.82, 2.24) is 19.3 Å². The van der Waals surface area contributed by atoms with Crippen molar-refractivity contribution in [3.8, 4) is 0 Å². The van der Waals surface area contributed by atoms with Crippen LogP contribution in [0.2, 0.25) is 0 Å². The molecular formula is C15H14F2N6O3S. The van der Waals surface area contributed by atoms with Gasteiger partial charge in [0.25, 0.3) is 5.91 Å². The molecule has 0 atom stereocenters. The normalized spacial score (nSPS) is 11.7. The Morgan fingerprint density at radius 3 is 2.67 bits per heavy atom. The molecule has 3 aromatic rings. The molecule has 0 radical (unpaired) electrons. The van der Waals surface area contributed by atoms with E-state index in [2.05, 4.69) is 20.3 Å². The third-order valence-electron chi connectivity index (χ3n) is 3.59. The molecule has 0 saturated heterocycles. The largest absolute Gasteiger partial charge is 0.343 e. The van der Waals surface area contributed by atoms with Gasteiger partial charge < -0.3 is 10.3 Å². The van der Waals surface area contributed by atoms with E-state index >= 15 is 0 Å². The van der Waals surface area contributed by atoms with Crippen LogP contribution < -0.4 is 10.0 Å². The maximum Gasteiger partial charge on any atom is 0.301 e. The van der Waals surface area contributed by atoms with Crippen LogP contribution >= 0.6 is 0 Å². The van der Waals surface area contributed by atoms with Gasteiger partial charge in [-0.3, -0.25) is 9.52 Å². The molecule has 9 nitrogen and oxygen atoms in total. The van der Waals surface area contributed by atoms with E-state index in [-0.39, 0.29) is 5.56 Å². The van der Waals surface area contributed by atoms with Crippen LogP contribution in [0, 0.1) is 11.6 Å². The van der Waals surface area contributed by atoms with E-state index in [4.69, 9.17) is 0 Å². The smallest absolute Gasteiger partial charge is 0.301 e. The van der Waals surface area contributed by atoms with E-state index in [0.717, 1.165) is 16.4 Å². The molecule has 0 aliphatic rings. The molecule has 0 unspecified atom stereocenters. The molecular weight excluding hydrogens is 382 g/mol. The Morgan fingerprint density at radius 1 is 1.22 bits per heavy atom. The molecule has 0 saturated carbocycles. The van der Waals surface area contributed by atoms with Crippen molar-refractivity contribution in [3.05, 3.63) is 47.9 Å². The zero-order valence-corrected chi connectivity index (χ0v) is 14.9. The SMILES string of the molecule is CN(C)S(=O)(=O)Nc1ccc(F)c(NC(=O)c2cnc3nc[nH]c3c2)c1F. The second kappa shape index (κ2) is 6.89. The van der Waals surface area contributed by atoms with Crippen molar-refractivity contribution in [3.63, 3.8) is 0 Å². The van der Waals surface area contributed by atoms with Gasteiger partial charge in [0, 0.05) is 20.3 Å². The highest BCUT2D eigenvalue weighted by Crippen LogP contribution is 2.27. The highest BCUT2D eigenvalue weighted by atomic mass is 32.2. The average molecular weight is 396 g/mol. The summed E-state index contributed by atoms with van der Waals surface area (Å²) in [6.45, 7) is 0. The number of anilines is 2. The predicted octanol–water partition coefficient (Wildman–Crippen LogP) is 1.71. The molecule has 142 valence electrons. The number of carbonyl (C=O) groups is 1. The first-order valence-electron chi connectivity index (χ1n) is 7.48. The molecule has 2 aromatic heterocycles. The van der Waals surface area contributed by atoms with Crippen molar-refractivity contribution in [2.24, 2.45) is 0 Å². The quantitative estimate of drug-likeness (QED) is 0.606. The molecule has 3 rings (SSSR count). The molecule has 27 heavy (non-hydrogen) atoms. The summed E-state index contributed by atoms with van der Waals surface area (Å²) in [7, 11) is -1.53. The van der Waals surface area contributed by atoms with Crippen LogP contribution in [0.15, 0.2) is 30.7 Å². The number of H-pyrrole nitrogens is 1. The third-order valence-corrected chi connectivity index (χ3v) is 5.02. The maximum absolute atomic E-state index is 14.6. The molecule has 3 N–H and O–H groups in total. The van der Waals surface area contributed by atoms with Gasteiger partial charge in [-0.1, -0.05) is 0 Å². The highest BCUT2D eigenvalue weighted by Gasteiger charge is 2.21. The average Bonchev–Trinajstić information content (AvgIpc) is 3.08. The van der Waals surface area contributed by atoms with Gasteiger partial charge in [-0.15, -0.1) is 0 Å². The number of halogens is 2. The fraction of sp³-hybridized carbons (Fsp3) is 0.133. The zero-order chi connectivity index (χ0) is 19.8. The Hall–Kier alpha value is -3.12. The summed E-state index contributed by atoms with van der Waals surface area (Å²) in [5.41, 5.74) is -0.420. The summed E-state index contributed by atoms with van der Waals surface area (Å²) < 4.78 is 55.1. The Balaban J connectivity index is 1.91. The number of nitrogens with zero attached hydrogens (tertiary/aromatic N) is 3. The minimum atomic E-state index is -4.01. The van der Waals surface area contributed by atoms with E-state index in [0.29, 0.717) is 11.2 Å². The Labute approximate surface area is 152 Å². The number of hydrogen-bond donors (Lipinski definition) is 3. The van der Waals surface area contributed by atoms with Crippen LogP contribution in [-0.4, -0.2) is 47.7 Å². The number of fused-ring (bicyclic) bond motifs is 1. The molecule has 0 spiro atoms. The van der Waals surface area contributed by atoms with Gasteiger partial charge in [0.1, 0.15) is 11.5 Å². The van der Waals surface area contributed by atoms with Gasteiger partial charge >= 0.3 is 10.2 Å². The molecule has 0 aliphatic heterocycles. The fourth-order valence-electron chi connectivity index (χ4n) is 2.12. The molecule has 1 amide bonds. The van der Waals surface area contributed by atoms with Crippen LogP contribution in [0.1, 0.15) is 10.4 Å². The first kappa shape index (κ1) is 18.7. The lowest BCUT2D eigenvalue weighted by Crippen LogP contribution is -2.29. The number of aromatic amines is 1. The summed E-state index contributed by atoms with van der Waals surface area (Å²) in [6, 6.07) is 3.17. The van der Waals surface area contributed by atoms with E-state index < -0.39 is 39.1 Å². The van der Waals surface area contributed by atoms with Gasteiger partial charge in [0.15, 0.2) is 11.5 Å². The van der Waals surface area contributed by atoms with Crippen LogP contribution in [0.5, 0.6) is 0 Å². The van der Waals surface area contributed by atoms with Gasteiger partial charge in [0.05, 0.1) is 23.1 Å². The third kappa shape index (κ3) is 3.71. The maximum atomic E-state index is 14.6. The minimum Gasteiger partial charge on any atom is -0.343 e. The Bertz CT molecular complexity index is 1130. The lowest BCUT2D eigenvalue weighted by Gasteiger charge is -2.16. The predicted molar refractivity (Wildman–Crippen MR) is 94.4 cm³/mol. The number of aromatic nitrogens is 3. The molecule has 1 aromatic carbocycles. The van der Waals surface area contributed by atoms with Crippen molar-refractivity contribution in [1.29, 1.82) is 0 Å². The first-order chi connectivity index (χ1) is 12.7. The second-order valence-corrected chi connectivity index (χ2v) is 7.51. The van der Waals surface area contributed by atoms with Crippen LogP contribution in [0.3, 0.4) is 0 Å². The number of imidazole rings is 1.